The van der Waals surface area contributed by atoms with Gasteiger partial charge in [0.1, 0.15) is 12.0 Å². The molecule has 3 nitrogen and oxygen atoms in total. The van der Waals surface area contributed by atoms with E-state index in [9.17, 15) is 4.79 Å². The second-order valence-corrected chi connectivity index (χ2v) is 2.29. The molecule has 0 bridgehead atoms. The van der Waals surface area contributed by atoms with E-state index in [1.807, 2.05) is 13.0 Å². The molecule has 0 unspecified atom stereocenters. The van der Waals surface area contributed by atoms with Gasteiger partial charge in [0.05, 0.1) is 12.8 Å². The predicted molar refractivity (Wildman–Crippen MR) is 45.2 cm³/mol. The van der Waals surface area contributed by atoms with E-state index in [4.69, 9.17) is 4.74 Å². The minimum Gasteiger partial charge on any atom is -0.492 e. The summed E-state index contributed by atoms with van der Waals surface area (Å²) in [6, 6.07) is 3.61. The molecule has 0 aliphatic carbocycles. The van der Waals surface area contributed by atoms with E-state index in [1.54, 1.807) is 12.3 Å². The zero-order valence-electron chi connectivity index (χ0n) is 6.99. The van der Waals surface area contributed by atoms with Crippen LogP contribution in [0.15, 0.2) is 18.3 Å². The van der Waals surface area contributed by atoms with Gasteiger partial charge in [-0.3, -0.25) is 4.98 Å². The van der Waals surface area contributed by atoms with Crippen LogP contribution in [0.4, 0.5) is 0 Å². The van der Waals surface area contributed by atoms with Crippen LogP contribution in [0.5, 0.6) is 5.75 Å². The molecule has 0 aliphatic rings. The minimum atomic E-state index is 0.367. The summed E-state index contributed by atoms with van der Waals surface area (Å²) < 4.78 is 5.19. The highest BCUT2D eigenvalue weighted by Crippen LogP contribution is 2.08. The first-order valence-electron chi connectivity index (χ1n) is 3.88. The molecule has 0 amide bonds. The van der Waals surface area contributed by atoms with E-state index < -0.39 is 0 Å². The van der Waals surface area contributed by atoms with E-state index in [0.717, 1.165) is 17.7 Å². The van der Waals surface area contributed by atoms with Gasteiger partial charge in [-0.05, 0) is 19.1 Å². The summed E-state index contributed by atoms with van der Waals surface area (Å²) >= 11 is 0. The fourth-order valence-corrected chi connectivity index (χ4v) is 0.869. The molecule has 0 aliphatic heterocycles. The van der Waals surface area contributed by atoms with Crippen molar-refractivity contribution in [2.45, 2.75) is 13.3 Å². The summed E-state index contributed by atoms with van der Waals surface area (Å²) in [5, 5.41) is 0. The Bertz CT molecular complexity index is 243. The Labute approximate surface area is 71.4 Å². The summed E-state index contributed by atoms with van der Waals surface area (Å²) in [4.78, 5) is 14.1. The number of aldehydes is 1. The molecule has 64 valence electrons. The zero-order valence-corrected chi connectivity index (χ0v) is 6.99. The Morgan fingerprint density at radius 2 is 2.42 bits per heavy atom. The number of nitrogens with zero attached hydrogens (tertiary/aromatic N) is 1. The van der Waals surface area contributed by atoms with Crippen molar-refractivity contribution in [2.75, 3.05) is 6.61 Å². The molecule has 0 atom stereocenters. The number of carbonyl (C=O) groups is 1. The topological polar surface area (TPSA) is 39.2 Å². The molecule has 12 heavy (non-hydrogen) atoms. The van der Waals surface area contributed by atoms with E-state index in [1.165, 1.54) is 0 Å². The van der Waals surface area contributed by atoms with Crippen molar-refractivity contribution in [3.05, 3.63) is 24.0 Å². The molecule has 0 aromatic carbocycles. The fourth-order valence-electron chi connectivity index (χ4n) is 0.869. The molecule has 0 N–H and O–H groups in total. The van der Waals surface area contributed by atoms with Gasteiger partial charge in [-0.2, -0.15) is 0 Å². The van der Waals surface area contributed by atoms with Gasteiger partial charge >= 0.3 is 0 Å². The molecular weight excluding hydrogens is 154 g/mol. The van der Waals surface area contributed by atoms with Gasteiger partial charge in [0.2, 0.25) is 0 Å². The lowest BCUT2D eigenvalue weighted by Crippen LogP contribution is -1.94. The number of carbonyl (C=O) groups excluding carboxylic acids is 1. The summed E-state index contributed by atoms with van der Waals surface area (Å²) in [5.74, 6) is 0.743. The maximum absolute atomic E-state index is 10.1. The smallest absolute Gasteiger partial charge is 0.137 e. The Morgan fingerprint density at radius 3 is 2.92 bits per heavy atom. The van der Waals surface area contributed by atoms with E-state index in [-0.39, 0.29) is 0 Å². The first-order valence-corrected chi connectivity index (χ1v) is 3.88. The van der Waals surface area contributed by atoms with Crippen LogP contribution in [0.3, 0.4) is 0 Å². The fraction of sp³-hybridized carbons (Fsp3) is 0.333. The predicted octanol–water partition coefficient (Wildman–Crippen LogP) is 1.22. The normalized spacial score (nSPS) is 9.42. The third kappa shape index (κ3) is 2.34. The highest BCUT2D eigenvalue weighted by molar-refractivity contribution is 5.53. The van der Waals surface area contributed by atoms with Crippen molar-refractivity contribution in [3.63, 3.8) is 0 Å². The second kappa shape index (κ2) is 4.49. The molecule has 1 heterocycles. The molecular formula is C9H11NO2. The van der Waals surface area contributed by atoms with Crippen LogP contribution >= 0.6 is 0 Å². The van der Waals surface area contributed by atoms with Crippen LogP contribution in [-0.4, -0.2) is 17.9 Å². The molecule has 0 saturated heterocycles. The van der Waals surface area contributed by atoms with Gasteiger partial charge in [0.15, 0.2) is 0 Å². The average Bonchev–Trinajstić information content (AvgIpc) is 2.09. The van der Waals surface area contributed by atoms with Crippen molar-refractivity contribution in [1.82, 2.24) is 4.98 Å². The van der Waals surface area contributed by atoms with Gasteiger partial charge in [0.25, 0.3) is 0 Å². The number of aromatic nitrogens is 1. The number of rotatable bonds is 4. The second-order valence-electron chi connectivity index (χ2n) is 2.29. The SMILES string of the molecule is CCOc1ccc(CC=O)nc1. The Kier molecular flexibility index (Phi) is 3.26. The van der Waals surface area contributed by atoms with E-state index in [2.05, 4.69) is 4.98 Å². The van der Waals surface area contributed by atoms with Crippen molar-refractivity contribution < 1.29 is 9.53 Å². The van der Waals surface area contributed by atoms with Crippen molar-refractivity contribution in [3.8, 4) is 5.75 Å². The van der Waals surface area contributed by atoms with Crippen molar-refractivity contribution in [2.24, 2.45) is 0 Å². The molecule has 0 radical (unpaired) electrons. The van der Waals surface area contributed by atoms with Crippen molar-refractivity contribution >= 4 is 6.29 Å². The molecule has 1 rings (SSSR count). The van der Waals surface area contributed by atoms with Crippen LogP contribution in [0.2, 0.25) is 0 Å². The van der Waals surface area contributed by atoms with Crippen LogP contribution in [0.25, 0.3) is 0 Å². The van der Waals surface area contributed by atoms with Crippen LogP contribution in [-0.2, 0) is 11.2 Å². The van der Waals surface area contributed by atoms with Gasteiger partial charge in [-0.15, -0.1) is 0 Å². The summed E-state index contributed by atoms with van der Waals surface area (Å²) in [6.07, 6.45) is 2.83. The molecule has 3 heteroatoms. The average molecular weight is 165 g/mol. The number of hydrogen-bond donors (Lipinski definition) is 0. The lowest BCUT2D eigenvalue weighted by Gasteiger charge is -2.01. The Hall–Kier alpha value is -1.38. The zero-order chi connectivity index (χ0) is 8.81. The van der Waals surface area contributed by atoms with Gasteiger partial charge in [-0.1, -0.05) is 0 Å². The summed E-state index contributed by atoms with van der Waals surface area (Å²) in [5.41, 5.74) is 0.772. The number of ether oxygens (including phenoxy) is 1. The maximum atomic E-state index is 10.1. The molecule has 0 fully saturated rings. The summed E-state index contributed by atoms with van der Waals surface area (Å²) in [7, 11) is 0. The first-order chi connectivity index (χ1) is 5.86. The lowest BCUT2D eigenvalue weighted by molar-refractivity contribution is -0.107. The highest BCUT2D eigenvalue weighted by atomic mass is 16.5. The quantitative estimate of drug-likeness (QED) is 0.630. The molecule has 1 aromatic rings. The third-order valence-corrected chi connectivity index (χ3v) is 1.40. The van der Waals surface area contributed by atoms with Crippen LogP contribution < -0.4 is 4.74 Å². The standard InChI is InChI=1S/C9H11NO2/c1-2-12-9-4-3-8(5-6-11)10-7-9/h3-4,6-7H,2,5H2,1H3. The lowest BCUT2D eigenvalue weighted by atomic mass is 10.3. The largest absolute Gasteiger partial charge is 0.492 e. The Morgan fingerprint density at radius 1 is 1.58 bits per heavy atom. The van der Waals surface area contributed by atoms with Gasteiger partial charge in [0, 0.05) is 12.1 Å². The van der Waals surface area contributed by atoms with Crippen molar-refractivity contribution in [1.29, 1.82) is 0 Å². The van der Waals surface area contributed by atoms with Crippen LogP contribution in [0.1, 0.15) is 12.6 Å². The third-order valence-electron chi connectivity index (χ3n) is 1.40. The Balaban J connectivity index is 2.64. The van der Waals surface area contributed by atoms with Gasteiger partial charge < -0.3 is 9.53 Å². The molecule has 1 aromatic heterocycles. The summed E-state index contributed by atoms with van der Waals surface area (Å²) in [6.45, 7) is 2.55. The van der Waals surface area contributed by atoms with E-state index >= 15 is 0 Å². The minimum absolute atomic E-state index is 0.367. The number of pyridine rings is 1. The van der Waals surface area contributed by atoms with Crippen LogP contribution in [0, 0.1) is 0 Å². The molecule has 0 spiro atoms. The van der Waals surface area contributed by atoms with E-state index in [0.29, 0.717) is 13.0 Å². The highest BCUT2D eigenvalue weighted by Gasteiger charge is 1.94. The first kappa shape index (κ1) is 8.71. The molecule has 0 saturated carbocycles. The maximum Gasteiger partial charge on any atom is 0.137 e. The number of hydrogen-bond acceptors (Lipinski definition) is 3. The van der Waals surface area contributed by atoms with Gasteiger partial charge in [-0.25, -0.2) is 0 Å². The monoisotopic (exact) mass is 165 g/mol.